The van der Waals surface area contributed by atoms with Crippen LogP contribution in [0.15, 0.2) is 120 Å². The zero-order valence-electron chi connectivity index (χ0n) is 17.9. The lowest BCUT2D eigenvalue weighted by Crippen LogP contribution is -2.31. The van der Waals surface area contributed by atoms with Gasteiger partial charge in [-0.3, -0.25) is 0 Å². The summed E-state index contributed by atoms with van der Waals surface area (Å²) in [5, 5.41) is 5.42. The van der Waals surface area contributed by atoms with Crippen LogP contribution >= 0.6 is 23.1 Å². The van der Waals surface area contributed by atoms with Crippen molar-refractivity contribution < 1.29 is 4.57 Å². The van der Waals surface area contributed by atoms with Crippen LogP contribution in [-0.2, 0) is 11.0 Å². The molecule has 1 atom stereocenters. The first-order valence-corrected chi connectivity index (χ1v) is 13.5. The maximum absolute atomic E-state index is 15.0. The maximum Gasteiger partial charge on any atom is 0.164 e. The summed E-state index contributed by atoms with van der Waals surface area (Å²) in [5.41, 5.74) is 2.29. The van der Waals surface area contributed by atoms with Gasteiger partial charge in [-0.05, 0) is 49.1 Å². The Morgan fingerprint density at radius 1 is 0.688 bits per heavy atom. The van der Waals surface area contributed by atoms with E-state index in [2.05, 4.69) is 45.5 Å². The smallest absolute Gasteiger partial charge is 0.164 e. The summed E-state index contributed by atoms with van der Waals surface area (Å²) in [6.45, 7) is 0. The average molecular weight is 504 g/mol. The number of anilines is 1. The maximum atomic E-state index is 15.0. The molecular formula is C28H27BrNOP. The highest BCUT2D eigenvalue weighted by Crippen LogP contribution is 2.50. The van der Waals surface area contributed by atoms with E-state index in [-0.39, 0.29) is 5.78 Å². The fourth-order valence-electron chi connectivity index (χ4n) is 4.04. The molecule has 0 bridgehead atoms. The molecule has 0 fully saturated rings. The molecule has 0 spiro atoms. The molecule has 0 heterocycles. The van der Waals surface area contributed by atoms with Gasteiger partial charge in [0, 0.05) is 20.8 Å². The summed E-state index contributed by atoms with van der Waals surface area (Å²) in [6.07, 6.45) is 2.71. The summed E-state index contributed by atoms with van der Waals surface area (Å²) < 4.78 is 16.0. The van der Waals surface area contributed by atoms with Crippen molar-refractivity contribution in [2.75, 3.05) is 5.32 Å². The first-order valence-electron chi connectivity index (χ1n) is 10.9. The van der Waals surface area contributed by atoms with Crippen LogP contribution in [0.2, 0.25) is 0 Å². The highest BCUT2D eigenvalue weighted by Gasteiger charge is 2.36. The van der Waals surface area contributed by atoms with Crippen LogP contribution in [0.4, 0.5) is 5.69 Å². The van der Waals surface area contributed by atoms with Gasteiger partial charge in [0.05, 0.1) is 5.78 Å². The molecule has 0 aromatic heterocycles. The standard InChI is InChI=1S/C28H27BrNOP/c29-24-19-21-25(22-20-24)30-28(18-10-13-23-11-4-1-5-12-23)32(31,26-14-6-2-7-15-26)27-16-8-3-9-17-27/h1-9,11-12,14-17,19-22,28,30H,10,13,18H2. The van der Waals surface area contributed by atoms with Gasteiger partial charge < -0.3 is 9.88 Å². The fourth-order valence-corrected chi connectivity index (χ4v) is 7.42. The number of nitrogens with one attached hydrogen (secondary N) is 1. The first-order chi connectivity index (χ1) is 15.7. The summed E-state index contributed by atoms with van der Waals surface area (Å²) in [7, 11) is -2.96. The Bertz CT molecular complexity index is 1100. The van der Waals surface area contributed by atoms with Crippen molar-refractivity contribution in [3.63, 3.8) is 0 Å². The fraction of sp³-hybridized carbons (Fsp3) is 0.143. The van der Waals surface area contributed by atoms with Crippen LogP contribution in [0.5, 0.6) is 0 Å². The lowest BCUT2D eigenvalue weighted by Gasteiger charge is -2.30. The van der Waals surface area contributed by atoms with E-state index >= 15 is 0 Å². The van der Waals surface area contributed by atoms with Gasteiger partial charge in [-0.1, -0.05) is 107 Å². The molecule has 2 nitrogen and oxygen atoms in total. The highest BCUT2D eigenvalue weighted by atomic mass is 79.9. The largest absolute Gasteiger partial charge is 0.375 e. The van der Waals surface area contributed by atoms with Crippen molar-refractivity contribution in [1.82, 2.24) is 0 Å². The van der Waals surface area contributed by atoms with Crippen molar-refractivity contribution in [1.29, 1.82) is 0 Å². The lowest BCUT2D eigenvalue weighted by atomic mass is 10.1. The minimum atomic E-state index is -2.96. The van der Waals surface area contributed by atoms with E-state index in [1.165, 1.54) is 5.56 Å². The molecule has 32 heavy (non-hydrogen) atoms. The van der Waals surface area contributed by atoms with Crippen LogP contribution in [0.25, 0.3) is 0 Å². The quantitative estimate of drug-likeness (QED) is 0.244. The van der Waals surface area contributed by atoms with Gasteiger partial charge in [0.15, 0.2) is 7.14 Å². The molecule has 4 aromatic rings. The number of rotatable bonds is 9. The Morgan fingerprint density at radius 3 is 1.72 bits per heavy atom. The number of hydrogen-bond donors (Lipinski definition) is 1. The molecule has 0 aliphatic rings. The Kier molecular flexibility index (Phi) is 7.63. The van der Waals surface area contributed by atoms with Gasteiger partial charge in [0.25, 0.3) is 0 Å². The van der Waals surface area contributed by atoms with Crippen molar-refractivity contribution in [2.24, 2.45) is 0 Å². The van der Waals surface area contributed by atoms with Crippen molar-refractivity contribution in [2.45, 2.75) is 25.0 Å². The second-order valence-corrected chi connectivity index (χ2v) is 11.8. The van der Waals surface area contributed by atoms with E-state index in [4.69, 9.17) is 0 Å². The third-order valence-corrected chi connectivity index (χ3v) is 9.61. The molecule has 162 valence electrons. The average Bonchev–Trinajstić information content (AvgIpc) is 2.86. The SMILES string of the molecule is O=P(c1ccccc1)(c1ccccc1)C(CCCc1ccccc1)Nc1ccc(Br)cc1. The third kappa shape index (κ3) is 5.41. The van der Waals surface area contributed by atoms with E-state index in [0.29, 0.717) is 0 Å². The number of halogens is 1. The second kappa shape index (κ2) is 10.8. The van der Waals surface area contributed by atoms with E-state index in [9.17, 15) is 4.57 Å². The van der Waals surface area contributed by atoms with Gasteiger partial charge in [0.2, 0.25) is 0 Å². The Balaban J connectivity index is 1.70. The van der Waals surface area contributed by atoms with Crippen LogP contribution in [0.3, 0.4) is 0 Å². The number of hydrogen-bond acceptors (Lipinski definition) is 2. The van der Waals surface area contributed by atoms with Gasteiger partial charge in [-0.2, -0.15) is 0 Å². The molecule has 0 aliphatic heterocycles. The normalized spacial score (nSPS) is 12.3. The number of benzene rings is 4. The van der Waals surface area contributed by atoms with E-state index in [0.717, 1.165) is 40.0 Å². The Labute approximate surface area is 199 Å². The molecule has 0 saturated heterocycles. The van der Waals surface area contributed by atoms with Gasteiger partial charge in [-0.15, -0.1) is 0 Å². The van der Waals surface area contributed by atoms with Crippen LogP contribution in [0, 0.1) is 0 Å². The van der Waals surface area contributed by atoms with Crippen LogP contribution in [0.1, 0.15) is 18.4 Å². The summed E-state index contributed by atoms with van der Waals surface area (Å²) in [4.78, 5) is 0. The van der Waals surface area contributed by atoms with Gasteiger partial charge in [-0.25, -0.2) is 0 Å². The molecule has 1 unspecified atom stereocenters. The van der Waals surface area contributed by atoms with Crippen LogP contribution in [-0.4, -0.2) is 5.78 Å². The minimum absolute atomic E-state index is 0.211. The molecular weight excluding hydrogens is 477 g/mol. The van der Waals surface area contributed by atoms with Crippen molar-refractivity contribution >= 4 is 39.4 Å². The summed E-state index contributed by atoms with van der Waals surface area (Å²) >= 11 is 3.51. The monoisotopic (exact) mass is 503 g/mol. The number of aryl methyl sites for hydroxylation is 1. The molecule has 0 radical (unpaired) electrons. The molecule has 1 N–H and O–H groups in total. The second-order valence-electron chi connectivity index (χ2n) is 7.87. The molecule has 0 aliphatic carbocycles. The molecule has 4 rings (SSSR count). The van der Waals surface area contributed by atoms with Crippen molar-refractivity contribution in [3.05, 3.63) is 125 Å². The van der Waals surface area contributed by atoms with Crippen LogP contribution < -0.4 is 15.9 Å². The zero-order valence-corrected chi connectivity index (χ0v) is 20.4. The summed E-state index contributed by atoms with van der Waals surface area (Å²) in [5.74, 6) is -0.211. The van der Waals surface area contributed by atoms with Crippen molar-refractivity contribution in [3.8, 4) is 0 Å². The summed E-state index contributed by atoms with van der Waals surface area (Å²) in [6, 6.07) is 38.5. The minimum Gasteiger partial charge on any atom is -0.375 e. The predicted octanol–water partition coefficient (Wildman–Crippen LogP) is 7.22. The van der Waals surface area contributed by atoms with E-state index in [1.54, 1.807) is 0 Å². The van der Waals surface area contributed by atoms with E-state index < -0.39 is 7.14 Å². The highest BCUT2D eigenvalue weighted by molar-refractivity contribution is 9.10. The molecule has 0 saturated carbocycles. The Hall–Kier alpha value is -2.61. The molecule has 0 amide bonds. The predicted molar refractivity (Wildman–Crippen MR) is 141 cm³/mol. The zero-order chi connectivity index (χ0) is 22.2. The molecule has 4 heteroatoms. The van der Waals surface area contributed by atoms with Gasteiger partial charge >= 0.3 is 0 Å². The topological polar surface area (TPSA) is 29.1 Å². The first kappa shape index (κ1) is 22.6. The lowest BCUT2D eigenvalue weighted by molar-refractivity contribution is 0.573. The van der Waals surface area contributed by atoms with E-state index in [1.807, 2.05) is 91.0 Å². The third-order valence-electron chi connectivity index (χ3n) is 5.68. The Morgan fingerprint density at radius 2 is 1.19 bits per heavy atom. The molecule has 4 aromatic carbocycles. The van der Waals surface area contributed by atoms with Gasteiger partial charge in [0.1, 0.15) is 0 Å².